The minimum absolute atomic E-state index is 0.0834. The van der Waals surface area contributed by atoms with Crippen molar-refractivity contribution >= 4 is 10.0 Å². The zero-order valence-electron chi connectivity index (χ0n) is 15.5. The maximum absolute atomic E-state index is 12.9. The first-order valence-corrected chi connectivity index (χ1v) is 9.49. The van der Waals surface area contributed by atoms with Crippen LogP contribution in [0.25, 0.3) is 0 Å². The molecule has 0 saturated heterocycles. The molecule has 2 aromatic carbocycles. The molecule has 0 saturated carbocycles. The number of sulfonamides is 1. The van der Waals surface area contributed by atoms with Crippen molar-refractivity contribution in [1.29, 1.82) is 0 Å². The molecular formula is C18H21NO7S. The molecule has 0 aromatic heterocycles. The predicted octanol–water partition coefficient (Wildman–Crippen LogP) is 2.26. The van der Waals surface area contributed by atoms with E-state index in [1.54, 1.807) is 18.2 Å². The monoisotopic (exact) mass is 395 g/mol. The highest BCUT2D eigenvalue weighted by molar-refractivity contribution is 7.89. The molecule has 3 rings (SSSR count). The van der Waals surface area contributed by atoms with E-state index in [-0.39, 0.29) is 18.2 Å². The summed E-state index contributed by atoms with van der Waals surface area (Å²) in [5.74, 6) is 2.31. The van der Waals surface area contributed by atoms with Gasteiger partial charge in [0.2, 0.25) is 22.6 Å². The summed E-state index contributed by atoms with van der Waals surface area (Å²) in [6.45, 7) is 0.202. The van der Waals surface area contributed by atoms with Crippen molar-refractivity contribution in [3.8, 4) is 28.7 Å². The van der Waals surface area contributed by atoms with E-state index >= 15 is 0 Å². The summed E-state index contributed by atoms with van der Waals surface area (Å²) in [5, 5.41) is 0. The van der Waals surface area contributed by atoms with E-state index < -0.39 is 10.0 Å². The van der Waals surface area contributed by atoms with E-state index in [1.165, 1.54) is 44.8 Å². The summed E-state index contributed by atoms with van der Waals surface area (Å²) < 4.78 is 53.5. The lowest BCUT2D eigenvalue weighted by molar-refractivity contribution is 0.174. The Bertz CT molecular complexity index is 918. The van der Waals surface area contributed by atoms with Crippen LogP contribution in [0.15, 0.2) is 35.2 Å². The first-order chi connectivity index (χ1) is 12.9. The highest BCUT2D eigenvalue weighted by Gasteiger charge is 2.25. The lowest BCUT2D eigenvalue weighted by Crippen LogP contribution is -2.26. The van der Waals surface area contributed by atoms with Gasteiger partial charge in [-0.3, -0.25) is 0 Å². The van der Waals surface area contributed by atoms with Crippen molar-refractivity contribution in [2.45, 2.75) is 11.4 Å². The fraction of sp³-hybridized carbons (Fsp3) is 0.333. The normalized spacial score (nSPS) is 12.9. The van der Waals surface area contributed by atoms with Gasteiger partial charge in [0.1, 0.15) is 0 Å². The molecule has 1 aliphatic heterocycles. The van der Waals surface area contributed by atoms with Gasteiger partial charge in [-0.1, -0.05) is 0 Å². The summed E-state index contributed by atoms with van der Waals surface area (Å²) in [6.07, 6.45) is 0. The molecule has 8 nitrogen and oxygen atoms in total. The van der Waals surface area contributed by atoms with Crippen molar-refractivity contribution in [3.05, 3.63) is 35.9 Å². The van der Waals surface area contributed by atoms with Crippen LogP contribution in [0.1, 0.15) is 5.56 Å². The number of rotatable bonds is 7. The van der Waals surface area contributed by atoms with E-state index in [2.05, 4.69) is 0 Å². The molecule has 9 heteroatoms. The van der Waals surface area contributed by atoms with Crippen molar-refractivity contribution in [2.75, 3.05) is 35.2 Å². The van der Waals surface area contributed by atoms with Crippen LogP contribution in [0.4, 0.5) is 0 Å². The third-order valence-corrected chi connectivity index (χ3v) is 5.98. The molecule has 1 heterocycles. The van der Waals surface area contributed by atoms with Gasteiger partial charge >= 0.3 is 0 Å². The number of fused-ring (bicyclic) bond motifs is 1. The molecule has 0 N–H and O–H groups in total. The number of hydrogen-bond acceptors (Lipinski definition) is 7. The van der Waals surface area contributed by atoms with E-state index in [9.17, 15) is 8.42 Å². The third-order valence-electron chi connectivity index (χ3n) is 4.18. The van der Waals surface area contributed by atoms with Crippen LogP contribution in [0.5, 0.6) is 28.7 Å². The smallest absolute Gasteiger partial charge is 0.243 e. The number of hydrogen-bond donors (Lipinski definition) is 0. The van der Waals surface area contributed by atoms with Crippen molar-refractivity contribution in [2.24, 2.45) is 0 Å². The predicted molar refractivity (Wildman–Crippen MR) is 97.3 cm³/mol. The summed E-state index contributed by atoms with van der Waals surface area (Å²) >= 11 is 0. The molecule has 0 unspecified atom stereocenters. The standard InChI is InChI=1S/C18H21NO7S/c1-19(10-12-7-16(22-2)18(24-4)17(8-12)23-3)27(20,21)13-5-6-14-15(9-13)26-11-25-14/h5-9H,10-11H2,1-4H3. The second-order valence-corrected chi connectivity index (χ2v) is 7.85. The maximum Gasteiger partial charge on any atom is 0.243 e. The van der Waals surface area contributed by atoms with Crippen LogP contribution in [0, 0.1) is 0 Å². The Kier molecular flexibility index (Phi) is 5.33. The highest BCUT2D eigenvalue weighted by atomic mass is 32.2. The Labute approximate surface area is 158 Å². The van der Waals surface area contributed by atoms with E-state index in [1.807, 2.05) is 0 Å². The molecule has 0 bridgehead atoms. The van der Waals surface area contributed by atoms with Crippen molar-refractivity contribution < 1.29 is 32.1 Å². The number of benzene rings is 2. The van der Waals surface area contributed by atoms with Crippen LogP contribution >= 0.6 is 0 Å². The van der Waals surface area contributed by atoms with Crippen LogP contribution in [0.3, 0.4) is 0 Å². The lowest BCUT2D eigenvalue weighted by Gasteiger charge is -2.19. The summed E-state index contributed by atoms with van der Waals surface area (Å²) in [5.41, 5.74) is 0.691. The fourth-order valence-corrected chi connectivity index (χ4v) is 3.96. The molecule has 0 fully saturated rings. The van der Waals surface area contributed by atoms with Gasteiger partial charge in [-0.15, -0.1) is 0 Å². The third kappa shape index (κ3) is 3.60. The van der Waals surface area contributed by atoms with Gasteiger partial charge in [-0.25, -0.2) is 8.42 Å². The Balaban J connectivity index is 1.89. The van der Waals surface area contributed by atoms with Crippen molar-refractivity contribution in [3.63, 3.8) is 0 Å². The number of nitrogens with zero attached hydrogens (tertiary/aromatic N) is 1. The molecule has 27 heavy (non-hydrogen) atoms. The van der Waals surface area contributed by atoms with Crippen LogP contribution in [-0.2, 0) is 16.6 Å². The molecule has 0 atom stereocenters. The molecule has 0 amide bonds. The summed E-state index contributed by atoms with van der Waals surface area (Å²) in [6, 6.07) is 7.97. The molecule has 1 aliphatic rings. The molecule has 146 valence electrons. The molecule has 2 aromatic rings. The second-order valence-electron chi connectivity index (χ2n) is 5.81. The number of ether oxygens (including phenoxy) is 5. The van der Waals surface area contributed by atoms with E-state index in [0.29, 0.717) is 34.3 Å². The fourth-order valence-electron chi connectivity index (χ4n) is 2.79. The topological polar surface area (TPSA) is 83.5 Å². The Morgan fingerprint density at radius 3 is 2.19 bits per heavy atom. The first kappa shape index (κ1) is 19.1. The van der Waals surface area contributed by atoms with Gasteiger partial charge in [-0.2, -0.15) is 4.31 Å². The molecule has 0 spiro atoms. The van der Waals surface area contributed by atoms with Gasteiger partial charge in [0.05, 0.1) is 26.2 Å². The van der Waals surface area contributed by atoms with Gasteiger partial charge < -0.3 is 23.7 Å². The van der Waals surface area contributed by atoms with E-state index in [4.69, 9.17) is 23.7 Å². The summed E-state index contributed by atoms with van der Waals surface area (Å²) in [4.78, 5) is 0.127. The molecule has 0 radical (unpaired) electrons. The second kappa shape index (κ2) is 7.53. The average molecular weight is 395 g/mol. The Hall–Kier alpha value is -2.65. The summed E-state index contributed by atoms with van der Waals surface area (Å²) in [7, 11) is 2.30. The van der Waals surface area contributed by atoms with Crippen LogP contribution < -0.4 is 23.7 Å². The highest BCUT2D eigenvalue weighted by Crippen LogP contribution is 2.39. The van der Waals surface area contributed by atoms with Gasteiger partial charge in [0.15, 0.2) is 23.0 Å². The minimum Gasteiger partial charge on any atom is -0.493 e. The average Bonchev–Trinajstić information content (AvgIpc) is 3.14. The maximum atomic E-state index is 12.9. The van der Waals surface area contributed by atoms with Crippen molar-refractivity contribution in [1.82, 2.24) is 4.31 Å². The molecular weight excluding hydrogens is 374 g/mol. The first-order valence-electron chi connectivity index (χ1n) is 8.05. The Morgan fingerprint density at radius 2 is 1.59 bits per heavy atom. The van der Waals surface area contributed by atoms with Gasteiger partial charge in [0, 0.05) is 19.7 Å². The van der Waals surface area contributed by atoms with Gasteiger partial charge in [-0.05, 0) is 29.8 Å². The zero-order chi connectivity index (χ0) is 19.6. The largest absolute Gasteiger partial charge is 0.493 e. The molecule has 0 aliphatic carbocycles. The number of methoxy groups -OCH3 is 3. The SMILES string of the molecule is COc1cc(CN(C)S(=O)(=O)c2ccc3c(c2)OCO3)cc(OC)c1OC. The zero-order valence-corrected chi connectivity index (χ0v) is 16.3. The lowest BCUT2D eigenvalue weighted by atomic mass is 10.2. The van der Waals surface area contributed by atoms with Gasteiger partial charge in [0.25, 0.3) is 0 Å². The van der Waals surface area contributed by atoms with Crippen LogP contribution in [-0.4, -0.2) is 47.9 Å². The van der Waals surface area contributed by atoms with Crippen LogP contribution in [0.2, 0.25) is 0 Å². The van der Waals surface area contributed by atoms with E-state index in [0.717, 1.165) is 0 Å². The minimum atomic E-state index is -3.73. The quantitative estimate of drug-likeness (QED) is 0.711. The Morgan fingerprint density at radius 1 is 0.963 bits per heavy atom.